The highest BCUT2D eigenvalue weighted by Gasteiger charge is 2.42. The average molecular weight is 270 g/mol. The maximum atomic E-state index is 12.6. The number of ether oxygens (including phenoxy) is 1. The minimum Gasteiger partial charge on any atom is -0.488 e. The van der Waals surface area contributed by atoms with Gasteiger partial charge in [0.15, 0.2) is 11.5 Å². The Balaban J connectivity index is 2.02. The first-order chi connectivity index (χ1) is 9.72. The molecule has 0 fully saturated rings. The van der Waals surface area contributed by atoms with Crippen LogP contribution in [0, 0.1) is 5.92 Å². The molecule has 1 unspecified atom stereocenters. The molecule has 20 heavy (non-hydrogen) atoms. The highest BCUT2D eigenvalue weighted by molar-refractivity contribution is 6.17. The summed E-state index contributed by atoms with van der Waals surface area (Å²) >= 11 is 0. The molecule has 2 atom stereocenters. The molecule has 4 heteroatoms. The van der Waals surface area contributed by atoms with E-state index in [9.17, 15) is 9.59 Å². The van der Waals surface area contributed by atoms with Crippen LogP contribution in [0.25, 0.3) is 0 Å². The summed E-state index contributed by atoms with van der Waals surface area (Å²) in [6, 6.07) is 10.2. The van der Waals surface area contributed by atoms with E-state index in [1.54, 1.807) is 30.3 Å². The zero-order valence-electron chi connectivity index (χ0n) is 11.0. The number of fused-ring (bicyclic) bond motifs is 1. The minimum atomic E-state index is -0.832. The molecule has 2 aromatic rings. The van der Waals surface area contributed by atoms with E-state index in [1.807, 2.05) is 13.0 Å². The summed E-state index contributed by atoms with van der Waals surface area (Å²) < 4.78 is 10.9. The largest absolute Gasteiger partial charge is 0.488 e. The standard InChI is InChI=1S/C16H14O4/c1-2-11-14(16(18)13-8-5-9-19-13)15(17)10-6-3-4-7-12(10)20-11/h3-9,11,14H,2H2,1H3/t11-,14?/m0/s1. The van der Waals surface area contributed by atoms with Gasteiger partial charge >= 0.3 is 0 Å². The third kappa shape index (κ3) is 1.93. The maximum absolute atomic E-state index is 12.6. The van der Waals surface area contributed by atoms with Crippen LogP contribution < -0.4 is 4.74 Å². The fourth-order valence-electron chi connectivity index (χ4n) is 2.52. The van der Waals surface area contributed by atoms with Crippen molar-refractivity contribution in [3.63, 3.8) is 0 Å². The van der Waals surface area contributed by atoms with Gasteiger partial charge in [0.25, 0.3) is 0 Å². The molecule has 0 N–H and O–H groups in total. The van der Waals surface area contributed by atoms with Crippen LogP contribution in [-0.4, -0.2) is 17.7 Å². The van der Waals surface area contributed by atoms with Gasteiger partial charge < -0.3 is 9.15 Å². The maximum Gasteiger partial charge on any atom is 0.212 e. The van der Waals surface area contributed by atoms with Crippen LogP contribution >= 0.6 is 0 Å². The van der Waals surface area contributed by atoms with Crippen molar-refractivity contribution in [2.75, 3.05) is 0 Å². The first kappa shape index (κ1) is 12.7. The minimum absolute atomic E-state index is 0.194. The zero-order valence-corrected chi connectivity index (χ0v) is 11.0. The number of ketones is 2. The third-order valence-electron chi connectivity index (χ3n) is 3.53. The molecular weight excluding hydrogens is 256 g/mol. The topological polar surface area (TPSA) is 56.5 Å². The van der Waals surface area contributed by atoms with Crippen LogP contribution in [0.15, 0.2) is 47.1 Å². The first-order valence-corrected chi connectivity index (χ1v) is 6.60. The summed E-state index contributed by atoms with van der Waals surface area (Å²) in [5, 5.41) is 0. The molecule has 0 saturated heterocycles. The molecule has 3 rings (SSSR count). The van der Waals surface area contributed by atoms with Gasteiger partial charge in [-0.15, -0.1) is 0 Å². The molecule has 0 amide bonds. The van der Waals surface area contributed by atoms with Crippen LogP contribution in [0.2, 0.25) is 0 Å². The average Bonchev–Trinajstić information content (AvgIpc) is 3.00. The van der Waals surface area contributed by atoms with E-state index >= 15 is 0 Å². The Hall–Kier alpha value is -2.36. The number of furan rings is 1. The number of carbonyl (C=O) groups excluding carboxylic acids is 2. The van der Waals surface area contributed by atoms with Gasteiger partial charge in [0.2, 0.25) is 5.78 Å². The number of Topliss-reactive ketones (excluding diaryl/α,β-unsaturated/α-hetero) is 2. The lowest BCUT2D eigenvalue weighted by molar-refractivity contribution is 0.0549. The third-order valence-corrected chi connectivity index (χ3v) is 3.53. The van der Waals surface area contributed by atoms with E-state index in [0.29, 0.717) is 17.7 Å². The van der Waals surface area contributed by atoms with Crippen LogP contribution in [0.3, 0.4) is 0 Å². The molecule has 0 radical (unpaired) electrons. The van der Waals surface area contributed by atoms with Crippen molar-refractivity contribution in [3.05, 3.63) is 54.0 Å². The molecule has 0 aliphatic carbocycles. The summed E-state index contributed by atoms with van der Waals surface area (Å²) in [7, 11) is 0. The predicted octanol–water partition coefficient (Wildman–Crippen LogP) is 3.13. The normalized spacial score (nSPS) is 21.1. The van der Waals surface area contributed by atoms with Gasteiger partial charge in [0, 0.05) is 0 Å². The molecule has 1 aromatic carbocycles. The summed E-state index contributed by atoms with van der Waals surface area (Å²) in [6.07, 6.45) is 1.56. The van der Waals surface area contributed by atoms with Crippen LogP contribution in [0.5, 0.6) is 5.75 Å². The zero-order chi connectivity index (χ0) is 14.1. The summed E-state index contributed by atoms with van der Waals surface area (Å²) in [6.45, 7) is 1.90. The van der Waals surface area contributed by atoms with Gasteiger partial charge in [-0.3, -0.25) is 9.59 Å². The van der Waals surface area contributed by atoms with Gasteiger partial charge in [-0.05, 0) is 30.7 Å². The fraction of sp³-hybridized carbons (Fsp3) is 0.250. The van der Waals surface area contributed by atoms with Crippen molar-refractivity contribution >= 4 is 11.6 Å². The monoisotopic (exact) mass is 270 g/mol. The molecule has 0 bridgehead atoms. The van der Waals surface area contributed by atoms with Crippen LogP contribution in [0.1, 0.15) is 34.3 Å². The van der Waals surface area contributed by atoms with Crippen LogP contribution in [0.4, 0.5) is 0 Å². The Labute approximate surface area is 116 Å². The Kier molecular flexibility index (Phi) is 3.14. The van der Waals surface area contributed by atoms with Gasteiger partial charge in [-0.2, -0.15) is 0 Å². The van der Waals surface area contributed by atoms with Crippen molar-refractivity contribution in [3.8, 4) is 5.75 Å². The van der Waals surface area contributed by atoms with Gasteiger partial charge in [0.05, 0.1) is 11.8 Å². The SMILES string of the molecule is CC[C@@H]1Oc2ccccc2C(=O)C1C(=O)c1ccco1. The van der Waals surface area contributed by atoms with Gasteiger partial charge in [-0.25, -0.2) is 0 Å². The Morgan fingerprint density at radius 1 is 1.20 bits per heavy atom. The number of rotatable bonds is 3. The highest BCUT2D eigenvalue weighted by atomic mass is 16.5. The molecule has 102 valence electrons. The van der Waals surface area contributed by atoms with Gasteiger partial charge in [0.1, 0.15) is 17.8 Å². The number of carbonyl (C=O) groups is 2. The van der Waals surface area contributed by atoms with Crippen molar-refractivity contribution in [2.45, 2.75) is 19.4 Å². The van der Waals surface area contributed by atoms with Crippen molar-refractivity contribution in [1.82, 2.24) is 0 Å². The molecule has 1 aliphatic heterocycles. The highest BCUT2D eigenvalue weighted by Crippen LogP contribution is 2.33. The Bertz CT molecular complexity index is 642. The van der Waals surface area contributed by atoms with E-state index in [-0.39, 0.29) is 17.3 Å². The molecule has 1 aromatic heterocycles. The van der Waals surface area contributed by atoms with Crippen LogP contribution in [-0.2, 0) is 0 Å². The lowest BCUT2D eigenvalue weighted by Crippen LogP contribution is -2.42. The lowest BCUT2D eigenvalue weighted by atomic mass is 9.84. The molecular formula is C16H14O4. The summed E-state index contributed by atoms with van der Waals surface area (Å²) in [5.41, 5.74) is 0.460. The molecule has 2 heterocycles. The molecule has 0 spiro atoms. The summed E-state index contributed by atoms with van der Waals surface area (Å²) in [5.74, 6) is -0.597. The van der Waals surface area contributed by atoms with Crippen molar-refractivity contribution in [1.29, 1.82) is 0 Å². The van der Waals surface area contributed by atoms with E-state index in [2.05, 4.69) is 0 Å². The fourth-order valence-corrected chi connectivity index (χ4v) is 2.52. The number of hydrogen-bond acceptors (Lipinski definition) is 4. The smallest absolute Gasteiger partial charge is 0.212 e. The molecule has 4 nitrogen and oxygen atoms in total. The lowest BCUT2D eigenvalue weighted by Gasteiger charge is -2.30. The van der Waals surface area contributed by atoms with E-state index in [0.717, 1.165) is 0 Å². The second kappa shape index (κ2) is 4.96. The Morgan fingerprint density at radius 2 is 2.00 bits per heavy atom. The number of hydrogen-bond donors (Lipinski definition) is 0. The first-order valence-electron chi connectivity index (χ1n) is 6.60. The second-order valence-electron chi connectivity index (χ2n) is 4.74. The van der Waals surface area contributed by atoms with Gasteiger partial charge in [-0.1, -0.05) is 19.1 Å². The Morgan fingerprint density at radius 3 is 2.70 bits per heavy atom. The van der Waals surface area contributed by atoms with E-state index in [1.165, 1.54) is 6.26 Å². The number of benzene rings is 1. The van der Waals surface area contributed by atoms with Crippen molar-refractivity contribution in [2.24, 2.45) is 5.92 Å². The summed E-state index contributed by atoms with van der Waals surface area (Å²) in [4.78, 5) is 25.0. The van der Waals surface area contributed by atoms with E-state index < -0.39 is 12.0 Å². The predicted molar refractivity (Wildman–Crippen MR) is 72.0 cm³/mol. The van der Waals surface area contributed by atoms with E-state index in [4.69, 9.17) is 9.15 Å². The quantitative estimate of drug-likeness (QED) is 0.635. The number of para-hydroxylation sites is 1. The van der Waals surface area contributed by atoms with Crippen molar-refractivity contribution < 1.29 is 18.7 Å². The molecule has 1 aliphatic rings. The second-order valence-corrected chi connectivity index (χ2v) is 4.74. The molecule has 0 saturated carbocycles.